The lowest BCUT2D eigenvalue weighted by molar-refractivity contribution is -0.142. The van der Waals surface area contributed by atoms with E-state index in [1.165, 1.54) is 12.5 Å². The molecule has 0 bridgehead atoms. The molecule has 1 heterocycles. The Bertz CT molecular complexity index is 778. The maximum Gasteiger partial charge on any atom is 0.326 e. The Balaban J connectivity index is 2.91. The Morgan fingerprint density at radius 2 is 1.41 bits per heavy atom. The van der Waals surface area contributed by atoms with Crippen LogP contribution in [0.25, 0.3) is 0 Å². The lowest BCUT2D eigenvalue weighted by Gasteiger charge is -2.29. The fourth-order valence-electron chi connectivity index (χ4n) is 2.94. The van der Waals surface area contributed by atoms with Crippen molar-refractivity contribution in [3.05, 3.63) is 18.2 Å². The standard InChI is InChI=1S/C21H36N6O5/c1-10(2)15(22)18(28)26-17(12(5)6)20(30)27-16(11(3)4)19(29)25-14(21(31)32)7-13-8-23-9-24-13/h8-12,14-17H,7,22H2,1-6H3,(H,23,24)(H,25,29)(H,26,28)(H,27,30)(H,31,32). The highest BCUT2D eigenvalue weighted by Gasteiger charge is 2.33. The Hall–Kier alpha value is -2.95. The zero-order valence-corrected chi connectivity index (χ0v) is 19.5. The Morgan fingerprint density at radius 3 is 1.81 bits per heavy atom. The molecule has 4 atom stereocenters. The van der Waals surface area contributed by atoms with E-state index in [1.54, 1.807) is 41.5 Å². The minimum Gasteiger partial charge on any atom is -0.480 e. The normalized spacial score (nSPS) is 15.2. The number of amides is 3. The number of carboxylic acids is 1. The molecule has 3 amide bonds. The van der Waals surface area contributed by atoms with Gasteiger partial charge in [0.25, 0.3) is 0 Å². The number of aromatic nitrogens is 2. The molecule has 1 aromatic rings. The molecule has 0 spiro atoms. The number of hydrogen-bond acceptors (Lipinski definition) is 6. The molecule has 0 aliphatic rings. The number of carbonyl (C=O) groups is 4. The van der Waals surface area contributed by atoms with Gasteiger partial charge in [-0.15, -0.1) is 0 Å². The first kappa shape index (κ1) is 27.1. The number of nitrogens with one attached hydrogen (secondary N) is 4. The van der Waals surface area contributed by atoms with Gasteiger partial charge < -0.3 is 31.8 Å². The molecule has 4 unspecified atom stereocenters. The summed E-state index contributed by atoms with van der Waals surface area (Å²) in [5.74, 6) is -3.54. The minimum absolute atomic E-state index is 0.0115. The first-order valence-electron chi connectivity index (χ1n) is 10.7. The molecule has 7 N–H and O–H groups in total. The van der Waals surface area contributed by atoms with Gasteiger partial charge in [0.15, 0.2) is 0 Å². The number of aromatic amines is 1. The van der Waals surface area contributed by atoms with E-state index < -0.39 is 47.9 Å². The molecule has 0 saturated heterocycles. The van der Waals surface area contributed by atoms with Crippen molar-refractivity contribution in [1.29, 1.82) is 0 Å². The van der Waals surface area contributed by atoms with E-state index in [0.717, 1.165) is 0 Å². The van der Waals surface area contributed by atoms with Crippen LogP contribution in [0.3, 0.4) is 0 Å². The van der Waals surface area contributed by atoms with Gasteiger partial charge >= 0.3 is 5.97 Å². The van der Waals surface area contributed by atoms with Crippen LogP contribution in [0.2, 0.25) is 0 Å². The number of rotatable bonds is 12. The summed E-state index contributed by atoms with van der Waals surface area (Å²) in [6, 6.07) is -3.87. The molecule has 11 heteroatoms. The van der Waals surface area contributed by atoms with Crippen molar-refractivity contribution < 1.29 is 24.3 Å². The quantitative estimate of drug-likeness (QED) is 0.254. The highest BCUT2D eigenvalue weighted by atomic mass is 16.4. The van der Waals surface area contributed by atoms with Crippen LogP contribution in [-0.4, -0.2) is 62.9 Å². The molecule has 0 fully saturated rings. The van der Waals surface area contributed by atoms with E-state index >= 15 is 0 Å². The summed E-state index contributed by atoms with van der Waals surface area (Å²) in [5.41, 5.74) is 6.42. The molecular weight excluding hydrogens is 416 g/mol. The third kappa shape index (κ3) is 7.95. The maximum absolute atomic E-state index is 12.9. The Kier molecular flexibility index (Phi) is 10.3. The summed E-state index contributed by atoms with van der Waals surface area (Å²) in [4.78, 5) is 56.4. The van der Waals surface area contributed by atoms with Crippen molar-refractivity contribution in [1.82, 2.24) is 25.9 Å². The monoisotopic (exact) mass is 452 g/mol. The van der Waals surface area contributed by atoms with Crippen LogP contribution < -0.4 is 21.7 Å². The largest absolute Gasteiger partial charge is 0.480 e. The van der Waals surface area contributed by atoms with Crippen LogP contribution >= 0.6 is 0 Å². The van der Waals surface area contributed by atoms with Crippen molar-refractivity contribution in [2.24, 2.45) is 23.5 Å². The van der Waals surface area contributed by atoms with Crippen LogP contribution in [0.5, 0.6) is 0 Å². The number of H-pyrrole nitrogens is 1. The van der Waals surface area contributed by atoms with E-state index in [0.29, 0.717) is 5.69 Å². The molecule has 0 aliphatic heterocycles. The van der Waals surface area contributed by atoms with E-state index in [2.05, 4.69) is 25.9 Å². The fourth-order valence-corrected chi connectivity index (χ4v) is 2.94. The maximum atomic E-state index is 12.9. The molecule has 0 aliphatic carbocycles. The van der Waals surface area contributed by atoms with Gasteiger partial charge in [-0.1, -0.05) is 41.5 Å². The Morgan fingerprint density at radius 1 is 0.906 bits per heavy atom. The van der Waals surface area contributed by atoms with Gasteiger partial charge in [-0.3, -0.25) is 14.4 Å². The van der Waals surface area contributed by atoms with Crippen LogP contribution in [0.15, 0.2) is 12.5 Å². The van der Waals surface area contributed by atoms with Crippen LogP contribution in [0.1, 0.15) is 47.2 Å². The SMILES string of the molecule is CC(C)C(N)C(=O)NC(C(=O)NC(C(=O)NC(Cc1cnc[nH]1)C(=O)O)C(C)C)C(C)C. The van der Waals surface area contributed by atoms with Crippen molar-refractivity contribution in [3.63, 3.8) is 0 Å². The number of imidazole rings is 1. The predicted octanol–water partition coefficient (Wildman–Crippen LogP) is -0.213. The van der Waals surface area contributed by atoms with Gasteiger partial charge in [0.2, 0.25) is 17.7 Å². The van der Waals surface area contributed by atoms with Crippen LogP contribution in [0, 0.1) is 17.8 Å². The molecule has 32 heavy (non-hydrogen) atoms. The van der Waals surface area contributed by atoms with Crippen molar-refractivity contribution in [3.8, 4) is 0 Å². The molecule has 180 valence electrons. The number of carboxylic acid groups (broad SMARTS) is 1. The lowest BCUT2D eigenvalue weighted by Crippen LogP contribution is -2.60. The summed E-state index contributed by atoms with van der Waals surface area (Å²) in [6.45, 7) is 10.6. The molecule has 0 radical (unpaired) electrons. The molecular formula is C21H36N6O5. The topological polar surface area (TPSA) is 179 Å². The number of nitrogens with two attached hydrogens (primary N) is 1. The number of hydrogen-bond donors (Lipinski definition) is 6. The second-order valence-electron chi connectivity index (χ2n) is 8.91. The average Bonchev–Trinajstić information content (AvgIpc) is 3.20. The zero-order valence-electron chi connectivity index (χ0n) is 19.5. The first-order valence-corrected chi connectivity index (χ1v) is 10.7. The fraction of sp³-hybridized carbons (Fsp3) is 0.667. The van der Waals surface area contributed by atoms with Crippen molar-refractivity contribution in [2.75, 3.05) is 0 Å². The molecule has 0 aromatic carbocycles. The number of nitrogens with zero attached hydrogens (tertiary/aromatic N) is 1. The third-order valence-corrected chi connectivity index (χ3v) is 5.11. The molecule has 1 rings (SSSR count). The van der Waals surface area contributed by atoms with Gasteiger partial charge in [-0.05, 0) is 17.8 Å². The van der Waals surface area contributed by atoms with Crippen molar-refractivity contribution >= 4 is 23.7 Å². The van der Waals surface area contributed by atoms with E-state index in [9.17, 15) is 24.3 Å². The highest BCUT2D eigenvalue weighted by Crippen LogP contribution is 2.09. The van der Waals surface area contributed by atoms with Gasteiger partial charge in [-0.25, -0.2) is 9.78 Å². The van der Waals surface area contributed by atoms with Gasteiger partial charge in [0.05, 0.1) is 12.4 Å². The third-order valence-electron chi connectivity index (χ3n) is 5.11. The summed E-state index contributed by atoms with van der Waals surface area (Å²) in [7, 11) is 0. The second-order valence-corrected chi connectivity index (χ2v) is 8.91. The molecule has 1 aromatic heterocycles. The number of carbonyl (C=O) groups excluding carboxylic acids is 3. The van der Waals surface area contributed by atoms with E-state index in [1.807, 2.05) is 0 Å². The van der Waals surface area contributed by atoms with Gasteiger partial charge in [0, 0.05) is 18.3 Å². The number of aliphatic carboxylic acids is 1. The predicted molar refractivity (Wildman–Crippen MR) is 118 cm³/mol. The first-order chi connectivity index (χ1) is 14.8. The highest BCUT2D eigenvalue weighted by molar-refractivity contribution is 5.94. The minimum atomic E-state index is -1.21. The van der Waals surface area contributed by atoms with Crippen LogP contribution in [0.4, 0.5) is 0 Å². The molecule has 11 nitrogen and oxygen atoms in total. The summed E-state index contributed by atoms with van der Waals surface area (Å²) >= 11 is 0. The average molecular weight is 453 g/mol. The summed E-state index contributed by atoms with van der Waals surface area (Å²) in [6.07, 6.45) is 2.90. The van der Waals surface area contributed by atoms with Crippen molar-refractivity contribution in [2.45, 2.75) is 72.1 Å². The molecule has 0 saturated carbocycles. The smallest absolute Gasteiger partial charge is 0.326 e. The zero-order chi connectivity index (χ0) is 24.6. The van der Waals surface area contributed by atoms with Gasteiger partial charge in [-0.2, -0.15) is 0 Å². The Labute approximate surface area is 188 Å². The van der Waals surface area contributed by atoms with E-state index in [-0.39, 0.29) is 24.2 Å². The lowest BCUT2D eigenvalue weighted by atomic mass is 9.98. The summed E-state index contributed by atoms with van der Waals surface area (Å²) in [5, 5.41) is 17.3. The van der Waals surface area contributed by atoms with E-state index in [4.69, 9.17) is 5.73 Å². The summed E-state index contributed by atoms with van der Waals surface area (Å²) < 4.78 is 0. The van der Waals surface area contributed by atoms with Gasteiger partial charge in [0.1, 0.15) is 18.1 Å². The second kappa shape index (κ2) is 12.2. The van der Waals surface area contributed by atoms with Crippen LogP contribution in [-0.2, 0) is 25.6 Å².